The van der Waals surface area contributed by atoms with Gasteiger partial charge in [0.25, 0.3) is 23.6 Å². The first-order valence-corrected chi connectivity index (χ1v) is 30.2. The maximum Gasteiger partial charge on any atom is 0.271 e. The van der Waals surface area contributed by atoms with Crippen LogP contribution in [0.3, 0.4) is 0 Å². The number of amides is 8. The number of aliphatic hydroxyl groups is 1. The van der Waals surface area contributed by atoms with Gasteiger partial charge in [0.1, 0.15) is 82.0 Å². The van der Waals surface area contributed by atoms with Crippen LogP contribution in [-0.2, 0) is 19.2 Å². The molecule has 2 aliphatic heterocycles. The zero-order chi connectivity index (χ0) is 57.1. The molecule has 0 aliphatic carbocycles. The lowest BCUT2D eigenvalue weighted by Crippen LogP contribution is -2.54. The number of primary amides is 1. The third-order valence-corrected chi connectivity index (χ3v) is 18.4. The van der Waals surface area contributed by atoms with Gasteiger partial charge in [-0.2, -0.15) is 0 Å². The fourth-order valence-corrected chi connectivity index (χ4v) is 14.1. The molecule has 80 heavy (non-hydrogen) atoms. The predicted molar refractivity (Wildman–Crippen MR) is 302 cm³/mol. The van der Waals surface area contributed by atoms with Crippen LogP contribution < -0.4 is 37.6 Å². The number of rotatable bonds is 10. The summed E-state index contributed by atoms with van der Waals surface area (Å²) >= 11 is 7.20. The first-order valence-electron chi connectivity index (χ1n) is 25.0. The van der Waals surface area contributed by atoms with Crippen molar-refractivity contribution >= 4 is 115 Å². The van der Waals surface area contributed by atoms with Crippen molar-refractivity contribution in [2.75, 3.05) is 26.7 Å². The van der Waals surface area contributed by atoms with Crippen LogP contribution in [0.2, 0.25) is 0 Å². The molecule has 9 rings (SSSR count). The summed E-state index contributed by atoms with van der Waals surface area (Å²) in [6.45, 7) is 8.52. The van der Waals surface area contributed by atoms with Crippen molar-refractivity contribution in [3.8, 4) is 43.4 Å². The second-order valence-electron chi connectivity index (χ2n) is 19.2. The highest BCUT2D eigenvalue weighted by molar-refractivity contribution is 7.15. The normalized spacial score (nSPS) is 18.5. The number of fused-ring (bicyclic) bond motifs is 14. The lowest BCUT2D eigenvalue weighted by atomic mass is 10.0. The lowest BCUT2D eigenvalue weighted by molar-refractivity contribution is -0.139. The summed E-state index contributed by atoms with van der Waals surface area (Å²) in [7, 11) is 1.46. The van der Waals surface area contributed by atoms with E-state index >= 15 is 0 Å². The first kappa shape index (κ1) is 57.3. The van der Waals surface area contributed by atoms with Gasteiger partial charge in [0.05, 0.1) is 43.4 Å². The Kier molecular flexibility index (Phi) is 17.6. The summed E-state index contributed by atoms with van der Waals surface area (Å²) in [6.07, 6.45) is 0.698. The second-order valence-corrected chi connectivity index (χ2v) is 24.8. The van der Waals surface area contributed by atoms with Gasteiger partial charge in [0.2, 0.25) is 23.6 Å². The zero-order valence-corrected chi connectivity index (χ0v) is 48.5. The topological polar surface area (TPSA) is 348 Å². The molecule has 7 aromatic heterocycles. The highest BCUT2D eigenvalue weighted by atomic mass is 32.1. The van der Waals surface area contributed by atoms with Crippen molar-refractivity contribution in [2.24, 2.45) is 17.6 Å². The number of aliphatic hydroxyl groups excluding tert-OH is 1. The fraction of sp³-hybridized carbons (Fsp3) is 0.380. The van der Waals surface area contributed by atoms with Gasteiger partial charge in [-0.05, 0) is 43.7 Å². The minimum Gasteiger partial charge on any atom is -0.394 e. The van der Waals surface area contributed by atoms with E-state index < -0.39 is 84.1 Å². The van der Waals surface area contributed by atoms with Crippen molar-refractivity contribution in [1.82, 2.24) is 71.7 Å². The molecule has 0 saturated carbocycles. The molecule has 418 valence electrons. The van der Waals surface area contributed by atoms with Crippen LogP contribution in [0.25, 0.3) is 43.4 Å². The Labute approximate surface area is 480 Å². The van der Waals surface area contributed by atoms with Crippen molar-refractivity contribution < 1.29 is 43.5 Å². The first-order chi connectivity index (χ1) is 38.3. The highest BCUT2D eigenvalue weighted by Gasteiger charge is 2.37. The molecule has 0 unspecified atom stereocenters. The smallest absolute Gasteiger partial charge is 0.271 e. The summed E-state index contributed by atoms with van der Waals surface area (Å²) in [5, 5.41) is 37.6. The van der Waals surface area contributed by atoms with E-state index in [1.54, 1.807) is 35.2 Å². The largest absolute Gasteiger partial charge is 0.394 e. The number of nitrogens with zero attached hydrogens (tertiary/aromatic N) is 8. The number of hydrogen-bond donors (Lipinski definition) is 8. The molecule has 10 bridgehead atoms. The molecule has 0 spiro atoms. The quantitative estimate of drug-likeness (QED) is 0.0923. The average molecular weight is 1200 g/mol. The van der Waals surface area contributed by atoms with E-state index in [-0.39, 0.29) is 54.1 Å². The summed E-state index contributed by atoms with van der Waals surface area (Å²) in [6, 6.07) is -0.959. The maximum atomic E-state index is 14.2. The van der Waals surface area contributed by atoms with Crippen LogP contribution in [0.1, 0.15) is 127 Å². The zero-order valence-electron chi connectivity index (χ0n) is 43.6. The number of hydrogen-bond acceptors (Lipinski definition) is 22. The molecule has 8 amide bonds. The predicted octanol–water partition coefficient (Wildman–Crippen LogP) is 4.66. The number of aryl methyl sites for hydroxylation is 1. The van der Waals surface area contributed by atoms with Crippen molar-refractivity contribution in [1.29, 1.82) is 0 Å². The molecule has 9 heterocycles. The number of nitrogens with two attached hydrogens (primary N) is 1. The molecule has 5 atom stereocenters. The van der Waals surface area contributed by atoms with Gasteiger partial charge in [-0.3, -0.25) is 38.4 Å². The minimum atomic E-state index is -1.36. The Hall–Kier alpha value is -7.35. The van der Waals surface area contributed by atoms with Gasteiger partial charge < -0.3 is 47.6 Å². The summed E-state index contributed by atoms with van der Waals surface area (Å²) in [5.74, 6) is -4.97. The number of thiazole rings is 6. The molecule has 1 saturated heterocycles. The van der Waals surface area contributed by atoms with E-state index in [1.165, 1.54) is 51.3 Å². The molecule has 0 radical (unpaired) electrons. The fourth-order valence-electron chi connectivity index (χ4n) is 8.66. The molecule has 24 nitrogen and oxygen atoms in total. The monoisotopic (exact) mass is 1200 g/mol. The Bertz CT molecular complexity index is 3530. The van der Waals surface area contributed by atoms with Crippen LogP contribution in [0.5, 0.6) is 0 Å². The third-order valence-electron chi connectivity index (χ3n) is 12.9. The maximum absolute atomic E-state index is 14.2. The summed E-state index contributed by atoms with van der Waals surface area (Å²) in [5.41, 5.74) is 7.67. The Balaban J connectivity index is 1.07. The van der Waals surface area contributed by atoms with Gasteiger partial charge in [-0.25, -0.2) is 34.9 Å². The van der Waals surface area contributed by atoms with Crippen molar-refractivity contribution in [2.45, 2.75) is 84.1 Å². The summed E-state index contributed by atoms with van der Waals surface area (Å²) < 4.78 is 0. The molecule has 1 fully saturated rings. The van der Waals surface area contributed by atoms with E-state index in [4.69, 9.17) is 25.7 Å². The van der Waals surface area contributed by atoms with E-state index in [9.17, 15) is 43.5 Å². The van der Waals surface area contributed by atoms with Crippen LogP contribution in [-0.4, -0.2) is 131 Å². The molecular weight excluding hydrogens is 1150 g/mol. The lowest BCUT2D eigenvalue weighted by Gasteiger charge is -2.26. The van der Waals surface area contributed by atoms with E-state index in [1.807, 2.05) is 33.1 Å². The number of carbonyl (C=O) groups is 8. The number of likely N-dealkylation sites (tertiary alicyclic amines) is 1. The minimum absolute atomic E-state index is 0.0132. The van der Waals surface area contributed by atoms with Gasteiger partial charge in [0.15, 0.2) is 0 Å². The van der Waals surface area contributed by atoms with Crippen LogP contribution in [0.4, 0.5) is 0 Å². The Morgan fingerprint density at radius 3 is 2.06 bits per heavy atom. The van der Waals surface area contributed by atoms with Gasteiger partial charge in [0, 0.05) is 50.9 Å². The van der Waals surface area contributed by atoms with Crippen LogP contribution >= 0.6 is 68.0 Å². The van der Waals surface area contributed by atoms with Crippen molar-refractivity contribution in [3.63, 3.8) is 0 Å². The molecule has 7 aromatic rings. The second kappa shape index (κ2) is 24.6. The van der Waals surface area contributed by atoms with E-state index in [2.05, 4.69) is 46.9 Å². The third kappa shape index (κ3) is 12.5. The van der Waals surface area contributed by atoms with Crippen LogP contribution in [0.15, 0.2) is 39.0 Å². The Morgan fingerprint density at radius 2 is 1.35 bits per heavy atom. The van der Waals surface area contributed by atoms with Gasteiger partial charge >= 0.3 is 0 Å². The standard InChI is InChI=1S/C50H53N15O9S6/c1-20(2)35-48-61-31(19-79-48)46-57-27(15-76-46)38-23(9-10-24(54-38)45-59-30(18-77-45)42(72)56-26(14-66)50(74)65-11-7-8-32(65)39(51)69)44-58-29(17-75-44)41(71)55-25(12-33(67)52-6)47-64-37(22(5)80-47)43(73)63-36(21(3)4)49-60-28(16-78-49)40(70)53-13-34(68)62-35/h9-10,15-21,25-26,32,35-36,66H,7-8,11-14H2,1-6H3,(H2,51,69)(H,52,67)(H,53,70)(H,55,71)(H,56,72)(H,62,68)(H,63,73)/t25-,26+,32-,35-,36-/m1/s1. The number of pyridine rings is 1. The molecule has 2 aliphatic rings. The Morgan fingerprint density at radius 1 is 0.713 bits per heavy atom. The van der Waals surface area contributed by atoms with E-state index in [0.717, 1.165) is 34.0 Å². The number of carbonyl (C=O) groups excluding carboxylic acids is 8. The van der Waals surface area contributed by atoms with Crippen LogP contribution in [0, 0.1) is 18.8 Å². The number of aromatic nitrogens is 7. The van der Waals surface area contributed by atoms with Gasteiger partial charge in [-0.15, -0.1) is 68.0 Å². The van der Waals surface area contributed by atoms with Crippen molar-refractivity contribution in [3.05, 3.63) is 81.7 Å². The average Bonchev–Trinajstić information content (AvgIpc) is 4.31. The molecular formula is C50H53N15O9S6. The molecule has 9 N–H and O–H groups in total. The molecule has 30 heteroatoms. The number of nitrogens with one attached hydrogen (secondary N) is 6. The summed E-state index contributed by atoms with van der Waals surface area (Å²) in [4.78, 5) is 142. The van der Waals surface area contributed by atoms with Gasteiger partial charge in [-0.1, -0.05) is 27.7 Å². The molecule has 0 aromatic carbocycles. The highest BCUT2D eigenvalue weighted by Crippen LogP contribution is 2.39. The SMILES string of the molecule is CNC(=O)C[C@H]1NC(=O)c2csc(n2)-c2ccc(-c3nc(C(=O)N[C@@H](CO)C(=O)N4CCC[C@@H]4C(N)=O)cs3)nc2-c2csc(n2)-c2csc(n2)[C@@H](C(C)C)NC(=O)CNC(=O)c2csc(n2)[C@@H](C(C)C)NC(=O)c2nc1sc2C. The van der Waals surface area contributed by atoms with E-state index in [0.29, 0.717) is 76.1 Å².